The minimum atomic E-state index is -4.66. The highest BCUT2D eigenvalue weighted by Gasteiger charge is 2.37. The fourth-order valence-corrected chi connectivity index (χ4v) is 1.50. The Labute approximate surface area is 119 Å². The number of aromatic nitrogens is 1. The van der Waals surface area contributed by atoms with Gasteiger partial charge in [0.1, 0.15) is 11.2 Å². The summed E-state index contributed by atoms with van der Waals surface area (Å²) in [6.07, 6.45) is -4.66. The highest BCUT2D eigenvalue weighted by Crippen LogP contribution is 2.39. The van der Waals surface area contributed by atoms with Gasteiger partial charge in [-0.05, 0) is 26.8 Å². The minimum absolute atomic E-state index is 0.175. The smallest absolute Gasteiger partial charge is 0.421 e. The second kappa shape index (κ2) is 5.47. The first-order chi connectivity index (χ1) is 8.90. The van der Waals surface area contributed by atoms with Crippen molar-refractivity contribution in [1.82, 2.24) is 4.98 Å². The molecule has 1 heterocycles. The molecule has 0 aromatic carbocycles. The number of hydrogen-bond donors (Lipinski definition) is 1. The summed E-state index contributed by atoms with van der Waals surface area (Å²) >= 11 is 5.69. The molecular formula is C12H14ClF3N2O2. The zero-order chi connectivity index (χ0) is 15.7. The van der Waals surface area contributed by atoms with Crippen LogP contribution < -0.4 is 10.1 Å². The minimum Gasteiger partial charge on any atom is -0.471 e. The van der Waals surface area contributed by atoms with Gasteiger partial charge in [-0.2, -0.15) is 18.2 Å². The van der Waals surface area contributed by atoms with E-state index in [1.165, 1.54) is 6.92 Å². The summed E-state index contributed by atoms with van der Waals surface area (Å²) in [6, 6.07) is 0.681. The number of pyridine rings is 1. The monoisotopic (exact) mass is 310 g/mol. The molecule has 0 saturated heterocycles. The van der Waals surface area contributed by atoms with Crippen LogP contribution in [-0.2, 0) is 11.0 Å². The van der Waals surface area contributed by atoms with Crippen LogP contribution in [-0.4, -0.2) is 16.5 Å². The maximum absolute atomic E-state index is 12.9. The summed E-state index contributed by atoms with van der Waals surface area (Å²) < 4.78 is 44.0. The first-order valence-corrected chi connectivity index (χ1v) is 6.02. The van der Waals surface area contributed by atoms with Crippen molar-refractivity contribution in [2.75, 3.05) is 5.32 Å². The van der Waals surface area contributed by atoms with E-state index in [9.17, 15) is 18.0 Å². The summed E-state index contributed by atoms with van der Waals surface area (Å²) in [5.74, 6) is -1.30. The lowest BCUT2D eigenvalue weighted by molar-refractivity contribution is -0.140. The summed E-state index contributed by atoms with van der Waals surface area (Å²) in [6.45, 7) is 5.95. The molecule has 0 fully saturated rings. The van der Waals surface area contributed by atoms with Crippen LogP contribution in [0.1, 0.15) is 33.3 Å². The van der Waals surface area contributed by atoms with Crippen LogP contribution in [0.3, 0.4) is 0 Å². The van der Waals surface area contributed by atoms with E-state index < -0.39 is 29.1 Å². The van der Waals surface area contributed by atoms with Crippen LogP contribution in [0.15, 0.2) is 6.07 Å². The molecule has 0 atom stereocenters. The number of rotatable bonds is 2. The highest BCUT2D eigenvalue weighted by molar-refractivity contribution is 6.33. The number of amides is 1. The Morgan fingerprint density at radius 3 is 2.30 bits per heavy atom. The molecule has 0 unspecified atom stereocenters. The maximum atomic E-state index is 12.9. The predicted molar refractivity (Wildman–Crippen MR) is 68.9 cm³/mol. The van der Waals surface area contributed by atoms with Crippen LogP contribution >= 0.6 is 11.6 Å². The third-order valence-corrected chi connectivity index (χ3v) is 2.23. The number of nitrogens with zero attached hydrogens (tertiary/aromatic N) is 1. The topological polar surface area (TPSA) is 51.2 Å². The van der Waals surface area contributed by atoms with Crippen LogP contribution in [0.4, 0.5) is 19.0 Å². The number of ether oxygens (including phenoxy) is 1. The van der Waals surface area contributed by atoms with Crippen molar-refractivity contribution >= 4 is 23.3 Å². The largest absolute Gasteiger partial charge is 0.471 e. The Bertz CT molecular complexity index is 525. The Balaban J connectivity index is 3.38. The molecule has 0 saturated carbocycles. The SMILES string of the molecule is CC(=O)Nc1nc(OC(C)(C)C)c(C(F)(F)F)cc1Cl. The second-order valence-corrected chi connectivity index (χ2v) is 5.47. The maximum Gasteiger partial charge on any atom is 0.421 e. The van der Waals surface area contributed by atoms with E-state index in [4.69, 9.17) is 16.3 Å². The third kappa shape index (κ3) is 4.56. The second-order valence-electron chi connectivity index (χ2n) is 5.06. The Kier molecular flexibility index (Phi) is 4.53. The fraction of sp³-hybridized carbons (Fsp3) is 0.500. The summed E-state index contributed by atoms with van der Waals surface area (Å²) in [7, 11) is 0. The van der Waals surface area contributed by atoms with E-state index in [2.05, 4.69) is 10.3 Å². The first-order valence-electron chi connectivity index (χ1n) is 5.64. The van der Waals surface area contributed by atoms with E-state index in [1.807, 2.05) is 0 Å². The van der Waals surface area contributed by atoms with E-state index in [0.29, 0.717) is 6.07 Å². The average molecular weight is 311 g/mol. The molecule has 1 amide bonds. The van der Waals surface area contributed by atoms with Gasteiger partial charge in [0.15, 0.2) is 5.82 Å². The van der Waals surface area contributed by atoms with Gasteiger partial charge in [-0.3, -0.25) is 4.79 Å². The normalized spacial score (nSPS) is 12.2. The van der Waals surface area contributed by atoms with Crippen molar-refractivity contribution in [2.45, 2.75) is 39.5 Å². The number of anilines is 1. The molecule has 0 bridgehead atoms. The van der Waals surface area contributed by atoms with Gasteiger partial charge in [0.05, 0.1) is 5.02 Å². The van der Waals surface area contributed by atoms with Crippen LogP contribution in [0, 0.1) is 0 Å². The number of carbonyl (C=O) groups excluding carboxylic acids is 1. The van der Waals surface area contributed by atoms with Crippen molar-refractivity contribution in [3.63, 3.8) is 0 Å². The standard InChI is InChI=1S/C12H14ClF3N2O2/c1-6(19)17-9-8(13)5-7(12(14,15)16)10(18-9)20-11(2,3)4/h5H,1-4H3,(H,17,18,19). The van der Waals surface area contributed by atoms with Gasteiger partial charge in [0.25, 0.3) is 0 Å². The number of nitrogens with one attached hydrogen (secondary N) is 1. The molecule has 8 heteroatoms. The molecule has 1 aromatic rings. The zero-order valence-corrected chi connectivity index (χ0v) is 12.1. The summed E-state index contributed by atoms with van der Waals surface area (Å²) in [5, 5.41) is 1.94. The van der Waals surface area contributed by atoms with Crippen molar-refractivity contribution in [1.29, 1.82) is 0 Å². The lowest BCUT2D eigenvalue weighted by atomic mass is 10.2. The van der Waals surface area contributed by atoms with Gasteiger partial charge in [-0.25, -0.2) is 0 Å². The highest BCUT2D eigenvalue weighted by atomic mass is 35.5. The van der Waals surface area contributed by atoms with E-state index in [0.717, 1.165) is 0 Å². The van der Waals surface area contributed by atoms with Gasteiger partial charge in [-0.1, -0.05) is 11.6 Å². The summed E-state index contributed by atoms with van der Waals surface area (Å²) in [4.78, 5) is 14.6. The average Bonchev–Trinajstić information content (AvgIpc) is 2.17. The van der Waals surface area contributed by atoms with Crippen molar-refractivity contribution in [2.24, 2.45) is 0 Å². The quantitative estimate of drug-likeness (QED) is 0.901. The van der Waals surface area contributed by atoms with Gasteiger partial charge in [0.2, 0.25) is 11.8 Å². The fourth-order valence-electron chi connectivity index (χ4n) is 1.30. The van der Waals surface area contributed by atoms with E-state index in [-0.39, 0.29) is 10.8 Å². The van der Waals surface area contributed by atoms with E-state index >= 15 is 0 Å². The molecule has 0 aliphatic carbocycles. The lowest BCUT2D eigenvalue weighted by Crippen LogP contribution is -2.26. The summed E-state index contributed by atoms with van der Waals surface area (Å²) in [5.41, 5.74) is -1.97. The Morgan fingerprint density at radius 1 is 1.35 bits per heavy atom. The predicted octanol–water partition coefficient (Wildman–Crippen LogP) is 3.89. The van der Waals surface area contributed by atoms with Crippen LogP contribution in [0.5, 0.6) is 5.88 Å². The number of hydrogen-bond acceptors (Lipinski definition) is 3. The molecule has 4 nitrogen and oxygen atoms in total. The van der Waals surface area contributed by atoms with E-state index in [1.54, 1.807) is 20.8 Å². The number of halogens is 4. The van der Waals surface area contributed by atoms with Crippen LogP contribution in [0.2, 0.25) is 5.02 Å². The molecule has 1 N–H and O–H groups in total. The van der Waals surface area contributed by atoms with Gasteiger partial charge in [0, 0.05) is 6.92 Å². The first kappa shape index (κ1) is 16.6. The molecule has 1 rings (SSSR count). The molecule has 0 radical (unpaired) electrons. The van der Waals surface area contributed by atoms with Crippen molar-refractivity contribution in [3.05, 3.63) is 16.7 Å². The molecule has 1 aromatic heterocycles. The number of carbonyl (C=O) groups is 1. The van der Waals surface area contributed by atoms with Gasteiger partial charge in [-0.15, -0.1) is 0 Å². The molecule has 0 spiro atoms. The van der Waals surface area contributed by atoms with Crippen LogP contribution in [0.25, 0.3) is 0 Å². The molecule has 112 valence electrons. The number of alkyl halides is 3. The molecular weight excluding hydrogens is 297 g/mol. The molecule has 20 heavy (non-hydrogen) atoms. The third-order valence-electron chi connectivity index (χ3n) is 1.94. The Hall–Kier alpha value is -1.50. The lowest BCUT2D eigenvalue weighted by Gasteiger charge is -2.23. The van der Waals surface area contributed by atoms with Gasteiger partial charge >= 0.3 is 6.18 Å². The Morgan fingerprint density at radius 2 is 1.90 bits per heavy atom. The van der Waals surface area contributed by atoms with Crippen molar-refractivity contribution < 1.29 is 22.7 Å². The molecule has 0 aliphatic heterocycles. The molecule has 0 aliphatic rings. The zero-order valence-electron chi connectivity index (χ0n) is 11.4. The van der Waals surface area contributed by atoms with Gasteiger partial charge < -0.3 is 10.1 Å². The van der Waals surface area contributed by atoms with Crippen molar-refractivity contribution in [3.8, 4) is 5.88 Å².